The molecule has 4 unspecified atom stereocenters. The fourth-order valence-corrected chi connectivity index (χ4v) is 3.23. The van der Waals surface area contributed by atoms with Crippen LogP contribution in [0.1, 0.15) is 12.8 Å². The third-order valence-corrected chi connectivity index (χ3v) is 4.00. The van der Waals surface area contributed by atoms with Gasteiger partial charge in [0.15, 0.2) is 0 Å². The Kier molecular flexibility index (Phi) is 1.82. The Hall–Kier alpha value is -0.610. The largest absolute Gasteiger partial charge is 0.481 e. The second-order valence-corrected chi connectivity index (χ2v) is 4.64. The molecule has 3 saturated heterocycles. The molecule has 4 aliphatic rings. The zero-order valence-corrected chi connectivity index (χ0v) is 8.06. The molecule has 4 nitrogen and oxygen atoms in total. The first-order chi connectivity index (χ1) is 6.77. The highest BCUT2D eigenvalue weighted by molar-refractivity contribution is 5.73. The van der Waals surface area contributed by atoms with E-state index in [1.54, 1.807) is 0 Å². The highest BCUT2D eigenvalue weighted by atomic mass is 16.5. The van der Waals surface area contributed by atoms with Crippen molar-refractivity contribution in [1.29, 1.82) is 0 Å². The van der Waals surface area contributed by atoms with E-state index in [2.05, 4.69) is 4.90 Å². The lowest BCUT2D eigenvalue weighted by molar-refractivity contribution is -0.147. The molecule has 0 aromatic carbocycles. The van der Waals surface area contributed by atoms with E-state index in [1.165, 1.54) is 0 Å². The molecule has 4 rings (SSSR count). The zero-order chi connectivity index (χ0) is 9.71. The first kappa shape index (κ1) is 8.68. The standard InChI is InChI=1S/C10H15NO3/c12-10(13)9-6-3-8(9)11(4-6)7-1-2-14-5-7/h6-9H,1-5H2,(H,12,13). The highest BCUT2D eigenvalue weighted by Crippen LogP contribution is 2.47. The SMILES string of the molecule is O=C(O)C1C2CC1N(C1CCOC1)C2. The van der Waals surface area contributed by atoms with Gasteiger partial charge in [0, 0.05) is 25.2 Å². The number of hydrogen-bond acceptors (Lipinski definition) is 3. The van der Waals surface area contributed by atoms with E-state index in [9.17, 15) is 4.79 Å². The van der Waals surface area contributed by atoms with Gasteiger partial charge in [-0.1, -0.05) is 0 Å². The average Bonchev–Trinajstić information content (AvgIpc) is 2.76. The minimum absolute atomic E-state index is 0.0874. The van der Waals surface area contributed by atoms with Crippen LogP contribution in [-0.4, -0.2) is 47.8 Å². The van der Waals surface area contributed by atoms with Gasteiger partial charge in [0.05, 0.1) is 12.5 Å². The fraction of sp³-hybridized carbons (Fsp3) is 0.900. The minimum atomic E-state index is -0.604. The molecule has 2 bridgehead atoms. The summed E-state index contributed by atoms with van der Waals surface area (Å²) in [6, 6.07) is 0.804. The number of aliphatic carboxylic acids is 1. The lowest BCUT2D eigenvalue weighted by atomic mass is 9.74. The topological polar surface area (TPSA) is 49.8 Å². The molecule has 3 heterocycles. The van der Waals surface area contributed by atoms with Crippen LogP contribution in [0, 0.1) is 11.8 Å². The molecule has 0 spiro atoms. The number of nitrogens with zero attached hydrogens (tertiary/aromatic N) is 1. The third kappa shape index (κ3) is 1.04. The molecular weight excluding hydrogens is 182 g/mol. The lowest BCUT2D eigenvalue weighted by Crippen LogP contribution is -2.46. The zero-order valence-electron chi connectivity index (χ0n) is 8.06. The van der Waals surface area contributed by atoms with Crippen molar-refractivity contribution in [3.05, 3.63) is 0 Å². The van der Waals surface area contributed by atoms with Crippen LogP contribution >= 0.6 is 0 Å². The Balaban J connectivity index is 1.71. The number of carboxylic acid groups (broad SMARTS) is 1. The molecular formula is C10H15NO3. The molecule has 4 heteroatoms. The van der Waals surface area contributed by atoms with Crippen LogP contribution in [0.25, 0.3) is 0 Å². The van der Waals surface area contributed by atoms with Crippen molar-refractivity contribution in [2.45, 2.75) is 24.9 Å². The normalized spacial score (nSPS) is 46.6. The molecule has 0 amide bonds. The summed E-state index contributed by atoms with van der Waals surface area (Å²) < 4.78 is 5.34. The lowest BCUT2D eigenvalue weighted by Gasteiger charge is -2.35. The van der Waals surface area contributed by atoms with Crippen LogP contribution in [0.15, 0.2) is 0 Å². The number of hydrogen-bond donors (Lipinski definition) is 1. The van der Waals surface area contributed by atoms with Crippen molar-refractivity contribution in [2.24, 2.45) is 11.8 Å². The third-order valence-electron chi connectivity index (χ3n) is 4.00. The van der Waals surface area contributed by atoms with E-state index in [0.717, 1.165) is 32.6 Å². The average molecular weight is 197 g/mol. The van der Waals surface area contributed by atoms with Crippen LogP contribution in [0.5, 0.6) is 0 Å². The molecule has 4 atom stereocenters. The molecule has 78 valence electrons. The summed E-state index contributed by atoms with van der Waals surface area (Å²) >= 11 is 0. The van der Waals surface area contributed by atoms with E-state index in [4.69, 9.17) is 9.84 Å². The number of fused-ring (bicyclic) bond motifs is 1. The maximum atomic E-state index is 10.9. The molecule has 0 aromatic heterocycles. The van der Waals surface area contributed by atoms with E-state index < -0.39 is 5.97 Å². The minimum Gasteiger partial charge on any atom is -0.481 e. The van der Waals surface area contributed by atoms with Crippen molar-refractivity contribution >= 4 is 5.97 Å². The fourth-order valence-electron chi connectivity index (χ4n) is 3.23. The molecule has 3 aliphatic heterocycles. The van der Waals surface area contributed by atoms with Crippen molar-refractivity contribution in [2.75, 3.05) is 19.8 Å². The van der Waals surface area contributed by atoms with Gasteiger partial charge >= 0.3 is 5.97 Å². The van der Waals surface area contributed by atoms with E-state index in [0.29, 0.717) is 18.0 Å². The van der Waals surface area contributed by atoms with Gasteiger partial charge in [-0.25, -0.2) is 0 Å². The molecule has 1 saturated carbocycles. The molecule has 4 fully saturated rings. The van der Waals surface area contributed by atoms with Crippen LogP contribution in [0.3, 0.4) is 0 Å². The van der Waals surface area contributed by atoms with Gasteiger partial charge in [-0.15, -0.1) is 0 Å². The Morgan fingerprint density at radius 2 is 2.36 bits per heavy atom. The summed E-state index contributed by atoms with van der Waals surface area (Å²) in [5.74, 6) is -0.277. The van der Waals surface area contributed by atoms with Gasteiger partial charge in [0.25, 0.3) is 0 Å². The van der Waals surface area contributed by atoms with Gasteiger partial charge in [0.2, 0.25) is 0 Å². The Morgan fingerprint density at radius 1 is 1.50 bits per heavy atom. The molecule has 1 aliphatic carbocycles. The monoisotopic (exact) mass is 197 g/mol. The first-order valence-corrected chi connectivity index (χ1v) is 5.33. The van der Waals surface area contributed by atoms with Gasteiger partial charge in [-0.05, 0) is 18.8 Å². The summed E-state index contributed by atoms with van der Waals surface area (Å²) in [6.45, 7) is 2.63. The van der Waals surface area contributed by atoms with Gasteiger partial charge in [-0.2, -0.15) is 0 Å². The van der Waals surface area contributed by atoms with E-state index >= 15 is 0 Å². The Morgan fingerprint density at radius 3 is 2.93 bits per heavy atom. The van der Waals surface area contributed by atoms with E-state index in [-0.39, 0.29) is 5.92 Å². The number of carbonyl (C=O) groups is 1. The maximum Gasteiger partial charge on any atom is 0.308 e. The van der Waals surface area contributed by atoms with Crippen LogP contribution in [-0.2, 0) is 9.53 Å². The maximum absolute atomic E-state index is 10.9. The summed E-state index contributed by atoms with van der Waals surface area (Å²) in [7, 11) is 0. The van der Waals surface area contributed by atoms with Crippen molar-refractivity contribution in [1.82, 2.24) is 4.90 Å². The molecule has 14 heavy (non-hydrogen) atoms. The van der Waals surface area contributed by atoms with Crippen molar-refractivity contribution in [3.63, 3.8) is 0 Å². The van der Waals surface area contributed by atoms with Crippen molar-refractivity contribution < 1.29 is 14.6 Å². The summed E-state index contributed by atoms with van der Waals surface area (Å²) in [4.78, 5) is 13.3. The molecule has 0 aromatic rings. The number of ether oxygens (including phenoxy) is 1. The number of rotatable bonds is 2. The Bertz CT molecular complexity index is 262. The van der Waals surface area contributed by atoms with Gasteiger partial charge in [-0.3, -0.25) is 9.69 Å². The van der Waals surface area contributed by atoms with Crippen LogP contribution in [0.4, 0.5) is 0 Å². The molecule has 1 N–H and O–H groups in total. The smallest absolute Gasteiger partial charge is 0.308 e. The Labute approximate surface area is 82.8 Å². The summed E-state index contributed by atoms with van der Waals surface area (Å²) in [6.07, 6.45) is 2.17. The van der Waals surface area contributed by atoms with Gasteiger partial charge in [0.1, 0.15) is 0 Å². The molecule has 0 radical (unpaired) electrons. The predicted octanol–water partition coefficient (Wildman–Crippen LogP) is 0.180. The highest BCUT2D eigenvalue weighted by Gasteiger charge is 2.57. The van der Waals surface area contributed by atoms with Crippen LogP contribution in [0.2, 0.25) is 0 Å². The second kappa shape index (κ2) is 2.94. The second-order valence-electron chi connectivity index (χ2n) is 4.64. The van der Waals surface area contributed by atoms with Crippen molar-refractivity contribution in [3.8, 4) is 0 Å². The van der Waals surface area contributed by atoms with Crippen LogP contribution < -0.4 is 0 Å². The summed E-state index contributed by atoms with van der Waals surface area (Å²) in [5.41, 5.74) is 0. The predicted molar refractivity (Wildman–Crippen MR) is 49.0 cm³/mol. The first-order valence-electron chi connectivity index (χ1n) is 5.33. The van der Waals surface area contributed by atoms with E-state index in [1.807, 2.05) is 0 Å². The number of carboxylic acids is 1. The quantitative estimate of drug-likeness (QED) is 0.686. The van der Waals surface area contributed by atoms with Gasteiger partial charge < -0.3 is 9.84 Å². The summed E-state index contributed by atoms with van der Waals surface area (Å²) in [5, 5.41) is 9.02.